The van der Waals surface area contributed by atoms with E-state index in [0.717, 1.165) is 39.8 Å². The number of hydrogen-bond acceptors (Lipinski definition) is 4. The van der Waals surface area contributed by atoms with Crippen molar-refractivity contribution >= 4 is 54.8 Å². The molecule has 6 heteroatoms. The minimum atomic E-state index is 0.237. The Kier molecular flexibility index (Phi) is 5.00. The van der Waals surface area contributed by atoms with Crippen molar-refractivity contribution in [2.45, 2.75) is 37.8 Å². The van der Waals surface area contributed by atoms with Crippen molar-refractivity contribution in [1.82, 2.24) is 4.98 Å². The van der Waals surface area contributed by atoms with Gasteiger partial charge in [0.05, 0.1) is 20.4 Å². The van der Waals surface area contributed by atoms with Crippen LogP contribution in [0.2, 0.25) is 5.15 Å². The summed E-state index contributed by atoms with van der Waals surface area (Å²) in [6.07, 6.45) is 3.44. The quantitative estimate of drug-likeness (QED) is 0.499. The predicted molar refractivity (Wildman–Crippen MR) is 111 cm³/mol. The summed E-state index contributed by atoms with van der Waals surface area (Å²) in [6, 6.07) is 12.5. The Balaban J connectivity index is 1.71. The molecular formula is C19H19BrClN3S. The van der Waals surface area contributed by atoms with Gasteiger partial charge in [0.2, 0.25) is 0 Å². The van der Waals surface area contributed by atoms with Crippen molar-refractivity contribution < 1.29 is 0 Å². The maximum Gasteiger partial charge on any atom is 0.131 e. The van der Waals surface area contributed by atoms with Gasteiger partial charge in [-0.05, 0) is 34.3 Å². The first-order valence-corrected chi connectivity index (χ1v) is 10.4. The Morgan fingerprint density at radius 1 is 1.28 bits per heavy atom. The normalized spacial score (nSPS) is 20.3. The summed E-state index contributed by atoms with van der Waals surface area (Å²) >= 11 is 11.8. The SMILES string of the molecule is N[C@@H]1CCC[C@H]1c1sc2c(NCc3ccccc3)cc(Cl)nc2c1Br. The number of thiophene rings is 1. The average molecular weight is 437 g/mol. The zero-order valence-electron chi connectivity index (χ0n) is 13.6. The zero-order valence-corrected chi connectivity index (χ0v) is 16.8. The van der Waals surface area contributed by atoms with E-state index < -0.39 is 0 Å². The molecule has 4 rings (SSSR count). The van der Waals surface area contributed by atoms with Gasteiger partial charge in [-0.2, -0.15) is 0 Å². The molecule has 2 atom stereocenters. The minimum absolute atomic E-state index is 0.237. The number of aromatic nitrogens is 1. The highest BCUT2D eigenvalue weighted by atomic mass is 79.9. The summed E-state index contributed by atoms with van der Waals surface area (Å²) in [5, 5.41) is 4.02. The van der Waals surface area contributed by atoms with Crippen molar-refractivity contribution in [2.75, 3.05) is 5.32 Å². The van der Waals surface area contributed by atoms with Crippen LogP contribution in [0.15, 0.2) is 40.9 Å². The standard InChI is InChI=1S/C19H19BrClN3S/c20-16-17-19(25-18(16)12-7-4-8-13(12)22)14(9-15(21)24-17)23-10-11-5-2-1-3-6-11/h1-3,5-6,9,12-13H,4,7-8,10,22H2,(H,23,24)/t12-,13-/m1/s1. The molecule has 1 aromatic carbocycles. The fraction of sp³-hybridized carbons (Fsp3) is 0.316. The summed E-state index contributed by atoms with van der Waals surface area (Å²) in [7, 11) is 0. The van der Waals surface area contributed by atoms with Gasteiger partial charge in [0.1, 0.15) is 5.15 Å². The number of nitrogens with two attached hydrogens (primary N) is 1. The first-order valence-electron chi connectivity index (χ1n) is 8.45. The second-order valence-electron chi connectivity index (χ2n) is 6.49. The van der Waals surface area contributed by atoms with Crippen LogP contribution in [0, 0.1) is 0 Å². The van der Waals surface area contributed by atoms with Gasteiger partial charge in [0, 0.05) is 29.4 Å². The molecular weight excluding hydrogens is 418 g/mol. The molecule has 130 valence electrons. The molecule has 0 radical (unpaired) electrons. The van der Waals surface area contributed by atoms with Crippen LogP contribution in [0.25, 0.3) is 10.2 Å². The Hall–Kier alpha value is -1.14. The maximum absolute atomic E-state index is 6.33. The van der Waals surface area contributed by atoms with E-state index in [1.54, 1.807) is 11.3 Å². The second-order valence-corrected chi connectivity index (χ2v) is 8.72. The fourth-order valence-corrected chi connectivity index (χ4v) is 5.99. The van der Waals surface area contributed by atoms with Gasteiger partial charge in [-0.1, -0.05) is 48.4 Å². The Bertz CT molecular complexity index is 897. The number of halogens is 2. The molecule has 1 fully saturated rings. The summed E-state index contributed by atoms with van der Waals surface area (Å²) < 4.78 is 2.20. The molecule has 3 nitrogen and oxygen atoms in total. The maximum atomic E-state index is 6.33. The molecule has 0 amide bonds. The lowest BCUT2D eigenvalue weighted by atomic mass is 10.0. The number of pyridine rings is 1. The van der Waals surface area contributed by atoms with Crippen LogP contribution in [-0.4, -0.2) is 11.0 Å². The van der Waals surface area contributed by atoms with Gasteiger partial charge in [-0.3, -0.25) is 0 Å². The van der Waals surface area contributed by atoms with Crippen LogP contribution in [-0.2, 0) is 6.54 Å². The third-order valence-corrected chi connectivity index (χ3v) is 7.41. The highest BCUT2D eigenvalue weighted by molar-refractivity contribution is 9.10. The topological polar surface area (TPSA) is 50.9 Å². The van der Waals surface area contributed by atoms with E-state index in [0.29, 0.717) is 11.1 Å². The first kappa shape index (κ1) is 17.3. The van der Waals surface area contributed by atoms with Gasteiger partial charge in [0.25, 0.3) is 0 Å². The molecule has 2 heterocycles. The highest BCUT2D eigenvalue weighted by Gasteiger charge is 2.30. The zero-order chi connectivity index (χ0) is 17.4. The average Bonchev–Trinajstić information content (AvgIpc) is 3.17. The van der Waals surface area contributed by atoms with Crippen LogP contribution in [0.5, 0.6) is 0 Å². The van der Waals surface area contributed by atoms with Gasteiger partial charge in [-0.15, -0.1) is 11.3 Å². The largest absolute Gasteiger partial charge is 0.380 e. The first-order chi connectivity index (χ1) is 12.1. The molecule has 1 aliphatic carbocycles. The van der Waals surface area contributed by atoms with Crippen molar-refractivity contribution in [3.63, 3.8) is 0 Å². The van der Waals surface area contributed by atoms with Gasteiger partial charge in [0.15, 0.2) is 0 Å². The van der Waals surface area contributed by atoms with Crippen molar-refractivity contribution in [2.24, 2.45) is 5.73 Å². The lowest BCUT2D eigenvalue weighted by molar-refractivity contribution is 0.620. The third kappa shape index (κ3) is 3.43. The van der Waals surface area contributed by atoms with E-state index in [1.807, 2.05) is 24.3 Å². The number of nitrogens with one attached hydrogen (secondary N) is 1. The Morgan fingerprint density at radius 3 is 2.80 bits per heavy atom. The molecule has 3 N–H and O–H groups in total. The van der Waals surface area contributed by atoms with Crippen LogP contribution >= 0.6 is 38.9 Å². The van der Waals surface area contributed by atoms with Crippen LogP contribution in [0.3, 0.4) is 0 Å². The molecule has 1 saturated carbocycles. The monoisotopic (exact) mass is 435 g/mol. The molecule has 3 aromatic rings. The summed E-state index contributed by atoms with van der Waals surface area (Å²) in [4.78, 5) is 5.86. The van der Waals surface area contributed by atoms with Crippen LogP contribution < -0.4 is 11.1 Å². The van der Waals surface area contributed by atoms with E-state index in [1.165, 1.54) is 16.9 Å². The molecule has 0 saturated heterocycles. The van der Waals surface area contributed by atoms with Gasteiger partial charge >= 0.3 is 0 Å². The Labute approximate surface area is 164 Å². The molecule has 2 aromatic heterocycles. The Morgan fingerprint density at radius 2 is 2.08 bits per heavy atom. The summed E-state index contributed by atoms with van der Waals surface area (Å²) in [6.45, 7) is 0.754. The number of hydrogen-bond donors (Lipinski definition) is 2. The smallest absolute Gasteiger partial charge is 0.131 e. The number of benzene rings is 1. The van der Waals surface area contributed by atoms with Crippen LogP contribution in [0.4, 0.5) is 5.69 Å². The van der Waals surface area contributed by atoms with Crippen molar-refractivity contribution in [3.8, 4) is 0 Å². The fourth-order valence-electron chi connectivity index (χ4n) is 3.50. The predicted octanol–water partition coefficient (Wildman–Crippen LogP) is 5.92. The number of nitrogens with zero attached hydrogens (tertiary/aromatic N) is 1. The van der Waals surface area contributed by atoms with Gasteiger partial charge < -0.3 is 11.1 Å². The molecule has 1 aliphatic rings. The van der Waals surface area contributed by atoms with E-state index >= 15 is 0 Å². The number of anilines is 1. The van der Waals surface area contributed by atoms with Crippen molar-refractivity contribution in [3.05, 3.63) is 56.5 Å². The van der Waals surface area contributed by atoms with E-state index in [-0.39, 0.29) is 6.04 Å². The minimum Gasteiger partial charge on any atom is -0.380 e. The lowest BCUT2D eigenvalue weighted by Crippen LogP contribution is -2.22. The molecule has 0 bridgehead atoms. The molecule has 25 heavy (non-hydrogen) atoms. The molecule has 0 unspecified atom stereocenters. The van der Waals surface area contributed by atoms with Crippen molar-refractivity contribution in [1.29, 1.82) is 0 Å². The third-order valence-electron chi connectivity index (χ3n) is 4.81. The van der Waals surface area contributed by atoms with E-state index in [4.69, 9.17) is 17.3 Å². The summed E-state index contributed by atoms with van der Waals surface area (Å²) in [5.41, 5.74) is 9.52. The molecule has 0 aliphatic heterocycles. The highest BCUT2D eigenvalue weighted by Crippen LogP contribution is 2.47. The number of fused-ring (bicyclic) bond motifs is 1. The van der Waals surface area contributed by atoms with Crippen LogP contribution in [0.1, 0.15) is 35.6 Å². The lowest BCUT2D eigenvalue weighted by Gasteiger charge is -2.13. The summed E-state index contributed by atoms with van der Waals surface area (Å²) in [5.74, 6) is 0.411. The van der Waals surface area contributed by atoms with Gasteiger partial charge in [-0.25, -0.2) is 4.98 Å². The molecule has 0 spiro atoms. The second kappa shape index (κ2) is 7.23. The van der Waals surface area contributed by atoms with E-state index in [9.17, 15) is 0 Å². The van der Waals surface area contributed by atoms with E-state index in [2.05, 4.69) is 38.4 Å². The number of rotatable bonds is 4.